The molecule has 0 fully saturated rings. The molecule has 0 heterocycles. The van der Waals surface area contributed by atoms with Gasteiger partial charge in [0.15, 0.2) is 0 Å². The Bertz CT molecular complexity index is 349. The molecule has 1 aromatic rings. The van der Waals surface area contributed by atoms with E-state index in [1.165, 1.54) is 37.7 Å². The first-order valence-corrected chi connectivity index (χ1v) is 7.15. The lowest BCUT2D eigenvalue weighted by molar-refractivity contribution is 0.434. The zero-order valence-electron chi connectivity index (χ0n) is 11.9. The minimum Gasteiger partial charge on any atom is -0.310 e. The number of halogens is 1. The Balaban J connectivity index is 2.47. The molecule has 0 aliphatic carbocycles. The van der Waals surface area contributed by atoms with Crippen molar-refractivity contribution in [3.05, 3.63) is 35.1 Å². The van der Waals surface area contributed by atoms with E-state index in [2.05, 4.69) is 19.2 Å². The number of hydrogen-bond acceptors (Lipinski definition) is 1. The lowest BCUT2D eigenvalue weighted by Crippen LogP contribution is -2.28. The van der Waals surface area contributed by atoms with Crippen LogP contribution in [-0.4, -0.2) is 6.04 Å². The molecular formula is C16H26FN. The van der Waals surface area contributed by atoms with E-state index in [-0.39, 0.29) is 5.82 Å². The standard InChI is InChI=1S/C16H26FN/c1-4-6-8-15(7-5-2)18-12-14-9-10-16(17)13(3)11-14/h9-11,15,18H,4-8,12H2,1-3H3. The van der Waals surface area contributed by atoms with E-state index in [0.29, 0.717) is 6.04 Å². The summed E-state index contributed by atoms with van der Waals surface area (Å²) in [6.45, 7) is 7.12. The summed E-state index contributed by atoms with van der Waals surface area (Å²) in [6, 6.07) is 5.97. The van der Waals surface area contributed by atoms with Crippen LogP contribution in [0.4, 0.5) is 4.39 Å². The van der Waals surface area contributed by atoms with E-state index in [0.717, 1.165) is 12.1 Å². The molecule has 0 aliphatic heterocycles. The fourth-order valence-corrected chi connectivity index (χ4v) is 2.23. The molecule has 0 saturated carbocycles. The minimum absolute atomic E-state index is 0.116. The number of aryl methyl sites for hydroxylation is 1. The molecule has 0 spiro atoms. The van der Waals surface area contributed by atoms with Gasteiger partial charge in [0.1, 0.15) is 5.82 Å². The molecule has 0 radical (unpaired) electrons. The van der Waals surface area contributed by atoms with Crippen LogP contribution < -0.4 is 5.32 Å². The molecule has 1 rings (SSSR count). The molecule has 0 saturated heterocycles. The van der Waals surface area contributed by atoms with Crippen molar-refractivity contribution >= 4 is 0 Å². The average molecular weight is 251 g/mol. The Kier molecular flexibility index (Phi) is 6.96. The smallest absolute Gasteiger partial charge is 0.126 e. The van der Waals surface area contributed by atoms with Gasteiger partial charge < -0.3 is 5.32 Å². The van der Waals surface area contributed by atoms with Gasteiger partial charge in [0, 0.05) is 12.6 Å². The van der Waals surface area contributed by atoms with E-state index in [1.54, 1.807) is 6.07 Å². The fourth-order valence-electron chi connectivity index (χ4n) is 2.23. The third kappa shape index (κ3) is 5.18. The normalized spacial score (nSPS) is 12.7. The molecule has 1 N–H and O–H groups in total. The van der Waals surface area contributed by atoms with E-state index in [1.807, 2.05) is 19.1 Å². The van der Waals surface area contributed by atoms with E-state index < -0.39 is 0 Å². The maximum absolute atomic E-state index is 13.2. The van der Waals surface area contributed by atoms with Crippen molar-refractivity contribution in [2.45, 2.75) is 65.5 Å². The summed E-state index contributed by atoms with van der Waals surface area (Å²) < 4.78 is 13.2. The van der Waals surface area contributed by atoms with Gasteiger partial charge in [0.05, 0.1) is 0 Å². The highest BCUT2D eigenvalue weighted by molar-refractivity contribution is 5.23. The summed E-state index contributed by atoms with van der Waals surface area (Å²) in [5.41, 5.74) is 1.90. The molecule has 1 nitrogen and oxygen atoms in total. The molecular weight excluding hydrogens is 225 g/mol. The van der Waals surface area contributed by atoms with Crippen molar-refractivity contribution < 1.29 is 4.39 Å². The second kappa shape index (κ2) is 8.25. The van der Waals surface area contributed by atoms with Gasteiger partial charge >= 0.3 is 0 Å². The second-order valence-corrected chi connectivity index (χ2v) is 5.09. The molecule has 102 valence electrons. The molecule has 1 atom stereocenters. The largest absolute Gasteiger partial charge is 0.310 e. The molecule has 2 heteroatoms. The van der Waals surface area contributed by atoms with Crippen molar-refractivity contribution in [1.82, 2.24) is 5.32 Å². The third-order valence-corrected chi connectivity index (χ3v) is 3.36. The monoisotopic (exact) mass is 251 g/mol. The molecule has 0 aliphatic rings. The van der Waals surface area contributed by atoms with Gasteiger partial charge in [0.2, 0.25) is 0 Å². The van der Waals surface area contributed by atoms with Crippen molar-refractivity contribution in [3.63, 3.8) is 0 Å². The Morgan fingerprint density at radius 1 is 1.17 bits per heavy atom. The maximum Gasteiger partial charge on any atom is 0.126 e. The van der Waals surface area contributed by atoms with E-state index >= 15 is 0 Å². The Hall–Kier alpha value is -0.890. The number of unbranched alkanes of at least 4 members (excludes halogenated alkanes) is 1. The third-order valence-electron chi connectivity index (χ3n) is 3.36. The number of nitrogens with one attached hydrogen (secondary N) is 1. The van der Waals surface area contributed by atoms with Crippen molar-refractivity contribution in [1.29, 1.82) is 0 Å². The van der Waals surface area contributed by atoms with E-state index in [4.69, 9.17) is 0 Å². The minimum atomic E-state index is -0.116. The average Bonchev–Trinajstić information content (AvgIpc) is 2.37. The highest BCUT2D eigenvalue weighted by Crippen LogP contribution is 2.11. The SMILES string of the molecule is CCCCC(CCC)NCc1ccc(F)c(C)c1. The van der Waals surface area contributed by atoms with Gasteiger partial charge in [-0.05, 0) is 37.0 Å². The summed E-state index contributed by atoms with van der Waals surface area (Å²) >= 11 is 0. The van der Waals surface area contributed by atoms with Crippen LogP contribution in [-0.2, 0) is 6.54 Å². The Morgan fingerprint density at radius 3 is 2.56 bits per heavy atom. The van der Waals surface area contributed by atoms with E-state index in [9.17, 15) is 4.39 Å². The summed E-state index contributed by atoms with van der Waals surface area (Å²) in [5.74, 6) is -0.116. The summed E-state index contributed by atoms with van der Waals surface area (Å²) in [5, 5.41) is 3.60. The van der Waals surface area contributed by atoms with Gasteiger partial charge in [-0.1, -0.05) is 45.2 Å². The first-order chi connectivity index (χ1) is 8.67. The van der Waals surface area contributed by atoms with Gasteiger partial charge in [-0.2, -0.15) is 0 Å². The topological polar surface area (TPSA) is 12.0 Å². The van der Waals surface area contributed by atoms with Crippen LogP contribution in [0.3, 0.4) is 0 Å². The zero-order valence-corrected chi connectivity index (χ0v) is 11.9. The lowest BCUT2D eigenvalue weighted by atomic mass is 10.0. The predicted octanol–water partition coefficient (Wildman–Crippen LogP) is 4.58. The first-order valence-electron chi connectivity index (χ1n) is 7.15. The maximum atomic E-state index is 13.2. The lowest BCUT2D eigenvalue weighted by Gasteiger charge is -2.18. The molecule has 0 aromatic heterocycles. The van der Waals surface area contributed by atoms with Crippen LogP contribution in [0.25, 0.3) is 0 Å². The molecule has 18 heavy (non-hydrogen) atoms. The summed E-state index contributed by atoms with van der Waals surface area (Å²) in [6.07, 6.45) is 6.20. The predicted molar refractivity (Wildman–Crippen MR) is 76.2 cm³/mol. The van der Waals surface area contributed by atoms with Crippen LogP contribution >= 0.6 is 0 Å². The summed E-state index contributed by atoms with van der Waals surface area (Å²) in [7, 11) is 0. The molecule has 0 bridgehead atoms. The second-order valence-electron chi connectivity index (χ2n) is 5.09. The van der Waals surface area contributed by atoms with Crippen LogP contribution in [0.1, 0.15) is 57.1 Å². The van der Waals surface area contributed by atoms with Crippen molar-refractivity contribution in [3.8, 4) is 0 Å². The van der Waals surface area contributed by atoms with Crippen LogP contribution in [0.2, 0.25) is 0 Å². The number of hydrogen-bond donors (Lipinski definition) is 1. The fraction of sp³-hybridized carbons (Fsp3) is 0.625. The Morgan fingerprint density at radius 2 is 1.94 bits per heavy atom. The Labute approximate surface area is 111 Å². The number of rotatable bonds is 8. The van der Waals surface area contributed by atoms with Gasteiger partial charge in [-0.25, -0.2) is 4.39 Å². The number of benzene rings is 1. The van der Waals surface area contributed by atoms with Crippen molar-refractivity contribution in [2.75, 3.05) is 0 Å². The molecule has 0 amide bonds. The van der Waals surface area contributed by atoms with Crippen LogP contribution in [0.5, 0.6) is 0 Å². The van der Waals surface area contributed by atoms with Gasteiger partial charge in [-0.3, -0.25) is 0 Å². The quantitative estimate of drug-likeness (QED) is 0.713. The zero-order chi connectivity index (χ0) is 13.4. The van der Waals surface area contributed by atoms with Gasteiger partial charge in [0.25, 0.3) is 0 Å². The van der Waals surface area contributed by atoms with Gasteiger partial charge in [-0.15, -0.1) is 0 Å². The van der Waals surface area contributed by atoms with Crippen molar-refractivity contribution in [2.24, 2.45) is 0 Å². The molecule has 1 aromatic carbocycles. The first kappa shape index (κ1) is 15.2. The highest BCUT2D eigenvalue weighted by atomic mass is 19.1. The highest BCUT2D eigenvalue weighted by Gasteiger charge is 2.07. The van der Waals surface area contributed by atoms with Crippen LogP contribution in [0.15, 0.2) is 18.2 Å². The summed E-state index contributed by atoms with van der Waals surface area (Å²) in [4.78, 5) is 0. The molecule has 1 unspecified atom stereocenters. The van der Waals surface area contributed by atoms with Crippen LogP contribution in [0, 0.1) is 12.7 Å².